The summed E-state index contributed by atoms with van der Waals surface area (Å²) in [6.07, 6.45) is 4.80. The fraction of sp³-hybridized carbons (Fsp3) is 0.0909. The Morgan fingerprint density at radius 2 is 2.24 bits per heavy atom. The quantitative estimate of drug-likeness (QED) is 0.794. The molecule has 0 radical (unpaired) electrons. The number of aromatic nitrogens is 3. The summed E-state index contributed by atoms with van der Waals surface area (Å²) in [5.41, 5.74) is 0.742. The third kappa shape index (κ3) is 2.54. The minimum absolute atomic E-state index is 0.0707. The number of rotatable bonds is 4. The van der Waals surface area contributed by atoms with Crippen molar-refractivity contribution in [2.24, 2.45) is 0 Å². The van der Waals surface area contributed by atoms with E-state index in [-0.39, 0.29) is 5.89 Å². The molecule has 0 aliphatic rings. The summed E-state index contributed by atoms with van der Waals surface area (Å²) in [5, 5.41) is 6.26. The van der Waals surface area contributed by atoms with Crippen LogP contribution in [0.1, 0.15) is 10.7 Å². The number of nitrogens with one attached hydrogen (secondary N) is 1. The van der Waals surface area contributed by atoms with E-state index in [4.69, 9.17) is 4.52 Å². The summed E-state index contributed by atoms with van der Waals surface area (Å²) in [7, 11) is 0. The molecule has 1 N–H and O–H groups in total. The maximum atomic E-state index is 11.5. The molecule has 0 spiro atoms. The Balaban J connectivity index is 2.16. The molecule has 1 amide bonds. The second-order valence-corrected chi connectivity index (χ2v) is 3.16. The van der Waals surface area contributed by atoms with Crippen molar-refractivity contribution in [1.82, 2.24) is 20.4 Å². The Labute approximate surface area is 97.4 Å². The van der Waals surface area contributed by atoms with Gasteiger partial charge in [-0.1, -0.05) is 11.2 Å². The van der Waals surface area contributed by atoms with Crippen molar-refractivity contribution in [3.8, 4) is 11.4 Å². The van der Waals surface area contributed by atoms with Crippen molar-refractivity contribution in [3.63, 3.8) is 0 Å². The van der Waals surface area contributed by atoms with Crippen LogP contribution in [0.2, 0.25) is 0 Å². The highest BCUT2D eigenvalue weighted by Gasteiger charge is 2.14. The van der Waals surface area contributed by atoms with Crippen molar-refractivity contribution in [3.05, 3.63) is 43.1 Å². The highest BCUT2D eigenvalue weighted by Crippen LogP contribution is 2.13. The monoisotopic (exact) mass is 230 g/mol. The summed E-state index contributed by atoms with van der Waals surface area (Å²) in [4.78, 5) is 19.3. The average Bonchev–Trinajstić information content (AvgIpc) is 2.86. The Hall–Kier alpha value is -2.50. The third-order valence-corrected chi connectivity index (χ3v) is 1.97. The molecule has 6 heteroatoms. The molecule has 0 unspecified atom stereocenters. The number of pyridine rings is 1. The predicted octanol–water partition coefficient (Wildman–Crippen LogP) is 1.05. The highest BCUT2D eigenvalue weighted by molar-refractivity contribution is 5.89. The molecule has 17 heavy (non-hydrogen) atoms. The van der Waals surface area contributed by atoms with Gasteiger partial charge in [0.15, 0.2) is 0 Å². The van der Waals surface area contributed by atoms with E-state index < -0.39 is 5.91 Å². The second kappa shape index (κ2) is 5.02. The van der Waals surface area contributed by atoms with E-state index in [1.807, 2.05) is 0 Å². The first-order valence-electron chi connectivity index (χ1n) is 4.94. The van der Waals surface area contributed by atoms with Crippen LogP contribution in [-0.2, 0) is 0 Å². The van der Waals surface area contributed by atoms with Gasteiger partial charge in [-0.2, -0.15) is 4.98 Å². The average molecular weight is 230 g/mol. The van der Waals surface area contributed by atoms with Gasteiger partial charge in [0.2, 0.25) is 5.82 Å². The number of nitrogens with zero attached hydrogens (tertiary/aromatic N) is 3. The normalized spacial score (nSPS) is 9.88. The lowest BCUT2D eigenvalue weighted by Gasteiger charge is -1.94. The van der Waals surface area contributed by atoms with Gasteiger partial charge in [-0.15, -0.1) is 6.58 Å². The van der Waals surface area contributed by atoms with E-state index in [2.05, 4.69) is 27.0 Å². The maximum Gasteiger partial charge on any atom is 0.316 e. The molecule has 2 rings (SSSR count). The molecule has 0 saturated heterocycles. The molecule has 2 heterocycles. The number of carbonyl (C=O) groups excluding carboxylic acids is 1. The van der Waals surface area contributed by atoms with Crippen LogP contribution in [0.3, 0.4) is 0 Å². The lowest BCUT2D eigenvalue weighted by molar-refractivity contribution is 0.0914. The van der Waals surface area contributed by atoms with Gasteiger partial charge in [-0.25, -0.2) is 0 Å². The molecule has 86 valence electrons. The number of carbonyl (C=O) groups is 1. The smallest absolute Gasteiger partial charge is 0.316 e. The van der Waals surface area contributed by atoms with Crippen LogP contribution in [0.15, 0.2) is 41.7 Å². The van der Waals surface area contributed by atoms with Gasteiger partial charge in [-0.05, 0) is 12.1 Å². The minimum Gasteiger partial charge on any atom is -0.344 e. The van der Waals surface area contributed by atoms with Crippen molar-refractivity contribution < 1.29 is 9.32 Å². The van der Waals surface area contributed by atoms with Gasteiger partial charge in [0.05, 0.1) is 0 Å². The van der Waals surface area contributed by atoms with Crippen LogP contribution >= 0.6 is 0 Å². The molecule has 0 aliphatic heterocycles. The first-order chi connectivity index (χ1) is 8.31. The first-order valence-corrected chi connectivity index (χ1v) is 4.94. The lowest BCUT2D eigenvalue weighted by atomic mass is 10.2. The zero-order valence-electron chi connectivity index (χ0n) is 8.96. The third-order valence-electron chi connectivity index (χ3n) is 1.97. The Bertz CT molecular complexity index is 521. The maximum absolute atomic E-state index is 11.5. The zero-order chi connectivity index (χ0) is 12.1. The van der Waals surface area contributed by atoms with Crippen LogP contribution in [0.5, 0.6) is 0 Å². The molecule has 0 bridgehead atoms. The van der Waals surface area contributed by atoms with Crippen molar-refractivity contribution in [2.45, 2.75) is 0 Å². The summed E-state index contributed by atoms with van der Waals surface area (Å²) in [6.45, 7) is 3.84. The van der Waals surface area contributed by atoms with Crippen LogP contribution in [-0.4, -0.2) is 27.6 Å². The largest absolute Gasteiger partial charge is 0.344 e. The molecule has 2 aromatic heterocycles. The SMILES string of the molecule is C=CCNC(=O)c1nc(-c2ccncc2)no1. The van der Waals surface area contributed by atoms with E-state index in [0.29, 0.717) is 12.4 Å². The van der Waals surface area contributed by atoms with Gasteiger partial charge in [0, 0.05) is 24.5 Å². The van der Waals surface area contributed by atoms with Crippen molar-refractivity contribution in [1.29, 1.82) is 0 Å². The van der Waals surface area contributed by atoms with Gasteiger partial charge in [0.25, 0.3) is 0 Å². The Morgan fingerprint density at radius 3 is 2.94 bits per heavy atom. The zero-order valence-corrected chi connectivity index (χ0v) is 8.96. The van der Waals surface area contributed by atoms with Crippen LogP contribution in [0, 0.1) is 0 Å². The van der Waals surface area contributed by atoms with E-state index in [0.717, 1.165) is 5.56 Å². The Morgan fingerprint density at radius 1 is 1.47 bits per heavy atom. The lowest BCUT2D eigenvalue weighted by Crippen LogP contribution is -2.23. The molecule has 0 fully saturated rings. The van der Waals surface area contributed by atoms with E-state index in [9.17, 15) is 4.79 Å². The van der Waals surface area contributed by atoms with E-state index >= 15 is 0 Å². The summed E-state index contributed by atoms with van der Waals surface area (Å²) in [6, 6.07) is 3.46. The summed E-state index contributed by atoms with van der Waals surface area (Å²) >= 11 is 0. The molecule has 0 saturated carbocycles. The summed E-state index contributed by atoms with van der Waals surface area (Å²) < 4.78 is 4.85. The summed E-state index contributed by atoms with van der Waals surface area (Å²) in [5.74, 6) is -0.132. The number of hydrogen-bond donors (Lipinski definition) is 1. The molecule has 2 aromatic rings. The van der Waals surface area contributed by atoms with Gasteiger partial charge >= 0.3 is 11.8 Å². The topological polar surface area (TPSA) is 80.9 Å². The molecule has 0 aromatic carbocycles. The van der Waals surface area contributed by atoms with Gasteiger partial charge in [-0.3, -0.25) is 9.78 Å². The Kier molecular flexibility index (Phi) is 3.25. The van der Waals surface area contributed by atoms with Crippen LogP contribution in [0.25, 0.3) is 11.4 Å². The fourth-order valence-electron chi connectivity index (χ4n) is 1.17. The second-order valence-electron chi connectivity index (χ2n) is 3.16. The fourth-order valence-corrected chi connectivity index (χ4v) is 1.17. The van der Waals surface area contributed by atoms with E-state index in [1.165, 1.54) is 0 Å². The highest BCUT2D eigenvalue weighted by atomic mass is 16.5. The number of amides is 1. The molecular weight excluding hydrogens is 220 g/mol. The molecular formula is C11H10N4O2. The van der Waals surface area contributed by atoms with Gasteiger partial charge < -0.3 is 9.84 Å². The first kappa shape index (κ1) is 11.0. The number of hydrogen-bond acceptors (Lipinski definition) is 5. The minimum atomic E-state index is -0.419. The van der Waals surface area contributed by atoms with E-state index in [1.54, 1.807) is 30.6 Å². The van der Waals surface area contributed by atoms with Crippen LogP contribution in [0.4, 0.5) is 0 Å². The molecule has 6 nitrogen and oxygen atoms in total. The molecule has 0 aliphatic carbocycles. The predicted molar refractivity (Wildman–Crippen MR) is 60.1 cm³/mol. The van der Waals surface area contributed by atoms with Crippen molar-refractivity contribution >= 4 is 5.91 Å². The molecule has 0 atom stereocenters. The van der Waals surface area contributed by atoms with Crippen molar-refractivity contribution in [2.75, 3.05) is 6.54 Å². The van der Waals surface area contributed by atoms with Crippen LogP contribution < -0.4 is 5.32 Å². The van der Waals surface area contributed by atoms with Gasteiger partial charge in [0.1, 0.15) is 0 Å². The standard InChI is InChI=1S/C11H10N4O2/c1-2-5-13-10(16)11-14-9(15-17-11)8-3-6-12-7-4-8/h2-4,6-7H,1,5H2,(H,13,16).